The summed E-state index contributed by atoms with van der Waals surface area (Å²) < 4.78 is 6.80. The van der Waals surface area contributed by atoms with E-state index in [1.54, 1.807) is 43.2 Å². The zero-order chi connectivity index (χ0) is 11.5. The maximum atomic E-state index is 11.7. The quantitative estimate of drug-likeness (QED) is 0.818. The van der Waals surface area contributed by atoms with Crippen molar-refractivity contribution in [2.45, 2.75) is 0 Å². The van der Waals surface area contributed by atoms with Crippen LogP contribution in [0.1, 0.15) is 10.6 Å². The first-order valence-corrected chi connectivity index (χ1v) is 4.77. The van der Waals surface area contributed by atoms with Crippen LogP contribution in [0, 0.1) is 0 Å². The third-order valence-corrected chi connectivity index (χ3v) is 2.14. The summed E-state index contributed by atoms with van der Waals surface area (Å²) >= 11 is 0. The second-order valence-corrected chi connectivity index (χ2v) is 3.21. The number of aryl methyl sites for hydroxylation is 1. The number of hydrogen-bond acceptors (Lipinski definition) is 4. The molecule has 0 aliphatic carbocycles. The van der Waals surface area contributed by atoms with Crippen molar-refractivity contribution in [2.75, 3.05) is 17.7 Å². The van der Waals surface area contributed by atoms with Crippen molar-refractivity contribution in [1.29, 1.82) is 0 Å². The molecule has 2 aromatic rings. The van der Waals surface area contributed by atoms with E-state index in [4.69, 9.17) is 4.42 Å². The van der Waals surface area contributed by atoms with Crippen molar-refractivity contribution in [3.8, 4) is 0 Å². The fourth-order valence-electron chi connectivity index (χ4n) is 1.27. The summed E-state index contributed by atoms with van der Waals surface area (Å²) in [6.07, 6.45) is 1.61. The molecule has 0 unspecified atom stereocenters. The number of furan rings is 1. The molecule has 0 aliphatic heterocycles. The lowest BCUT2D eigenvalue weighted by molar-refractivity contribution is 0.0996. The Kier molecular flexibility index (Phi) is 2.63. The fourth-order valence-corrected chi connectivity index (χ4v) is 1.27. The molecule has 2 rings (SSSR count). The highest BCUT2D eigenvalue weighted by Gasteiger charge is 2.12. The SMILES string of the molecule is CNc1ccc(C(=O)Nc2ccnn2C)o1. The van der Waals surface area contributed by atoms with Crippen LogP contribution in [0.15, 0.2) is 28.8 Å². The van der Waals surface area contributed by atoms with Gasteiger partial charge >= 0.3 is 0 Å². The molecule has 0 aliphatic rings. The Bertz CT molecular complexity index is 500. The second kappa shape index (κ2) is 4.09. The molecule has 0 bridgehead atoms. The van der Waals surface area contributed by atoms with Crippen molar-refractivity contribution in [1.82, 2.24) is 9.78 Å². The standard InChI is InChI=1S/C10H12N4O2/c1-11-9-4-3-7(16-9)10(15)13-8-5-6-12-14(8)2/h3-6,11H,1-2H3,(H,13,15). The average Bonchev–Trinajstić information content (AvgIpc) is 2.88. The highest BCUT2D eigenvalue weighted by atomic mass is 16.4. The van der Waals surface area contributed by atoms with Crippen LogP contribution in [-0.2, 0) is 7.05 Å². The third-order valence-electron chi connectivity index (χ3n) is 2.14. The molecule has 0 radical (unpaired) electrons. The van der Waals surface area contributed by atoms with Gasteiger partial charge in [0.2, 0.25) is 0 Å². The van der Waals surface area contributed by atoms with Crippen molar-refractivity contribution < 1.29 is 9.21 Å². The van der Waals surface area contributed by atoms with E-state index in [0.29, 0.717) is 11.7 Å². The van der Waals surface area contributed by atoms with Crippen molar-refractivity contribution in [2.24, 2.45) is 7.05 Å². The summed E-state index contributed by atoms with van der Waals surface area (Å²) in [5.74, 6) is 1.12. The molecular weight excluding hydrogens is 208 g/mol. The lowest BCUT2D eigenvalue weighted by Crippen LogP contribution is -2.13. The zero-order valence-electron chi connectivity index (χ0n) is 9.02. The van der Waals surface area contributed by atoms with Gasteiger partial charge in [0, 0.05) is 26.2 Å². The Morgan fingerprint density at radius 3 is 2.81 bits per heavy atom. The predicted molar refractivity (Wildman–Crippen MR) is 59.4 cm³/mol. The van der Waals surface area contributed by atoms with Crippen LogP contribution in [0.2, 0.25) is 0 Å². The Hall–Kier alpha value is -2.24. The van der Waals surface area contributed by atoms with E-state index in [1.165, 1.54) is 0 Å². The van der Waals surface area contributed by atoms with Crippen LogP contribution in [0.4, 0.5) is 11.7 Å². The topological polar surface area (TPSA) is 72.1 Å². The molecule has 2 heterocycles. The van der Waals surface area contributed by atoms with E-state index < -0.39 is 0 Å². The van der Waals surface area contributed by atoms with Crippen LogP contribution in [0.5, 0.6) is 0 Å². The number of nitrogens with zero attached hydrogens (tertiary/aromatic N) is 2. The molecule has 16 heavy (non-hydrogen) atoms. The number of carbonyl (C=O) groups excluding carboxylic acids is 1. The number of nitrogens with one attached hydrogen (secondary N) is 2. The van der Waals surface area contributed by atoms with Crippen LogP contribution >= 0.6 is 0 Å². The van der Waals surface area contributed by atoms with Crippen LogP contribution in [0.25, 0.3) is 0 Å². The zero-order valence-corrected chi connectivity index (χ0v) is 9.02. The number of carbonyl (C=O) groups is 1. The molecule has 84 valence electrons. The first-order chi connectivity index (χ1) is 7.70. The van der Waals surface area contributed by atoms with Crippen molar-refractivity contribution in [3.05, 3.63) is 30.2 Å². The monoisotopic (exact) mass is 220 g/mol. The second-order valence-electron chi connectivity index (χ2n) is 3.21. The molecule has 6 nitrogen and oxygen atoms in total. The lowest BCUT2D eigenvalue weighted by atomic mass is 10.4. The fraction of sp³-hybridized carbons (Fsp3) is 0.200. The molecule has 2 aromatic heterocycles. The smallest absolute Gasteiger partial charge is 0.292 e. The Morgan fingerprint density at radius 2 is 2.25 bits per heavy atom. The van der Waals surface area contributed by atoms with Crippen molar-refractivity contribution in [3.63, 3.8) is 0 Å². The summed E-state index contributed by atoms with van der Waals surface area (Å²) in [6, 6.07) is 5.01. The molecular formula is C10H12N4O2. The van der Waals surface area contributed by atoms with Gasteiger partial charge in [0.05, 0.1) is 6.20 Å². The van der Waals surface area contributed by atoms with Gasteiger partial charge in [-0.05, 0) is 6.07 Å². The van der Waals surface area contributed by atoms with Gasteiger partial charge in [0.1, 0.15) is 5.82 Å². The van der Waals surface area contributed by atoms with Crippen LogP contribution < -0.4 is 10.6 Å². The number of anilines is 2. The Labute approximate surface area is 92.2 Å². The molecule has 0 spiro atoms. The molecule has 0 fully saturated rings. The van der Waals surface area contributed by atoms with Gasteiger partial charge in [0.15, 0.2) is 11.6 Å². The minimum atomic E-state index is -0.301. The number of aromatic nitrogens is 2. The summed E-state index contributed by atoms with van der Waals surface area (Å²) in [7, 11) is 3.47. The lowest BCUT2D eigenvalue weighted by Gasteiger charge is -2.02. The summed E-state index contributed by atoms with van der Waals surface area (Å²) in [4.78, 5) is 11.7. The number of amides is 1. The maximum absolute atomic E-state index is 11.7. The number of rotatable bonds is 3. The van der Waals surface area contributed by atoms with E-state index in [0.717, 1.165) is 0 Å². The Morgan fingerprint density at radius 1 is 1.44 bits per heavy atom. The molecule has 1 amide bonds. The first-order valence-electron chi connectivity index (χ1n) is 4.77. The summed E-state index contributed by atoms with van der Waals surface area (Å²) in [5, 5.41) is 9.44. The van der Waals surface area contributed by atoms with E-state index in [-0.39, 0.29) is 11.7 Å². The highest BCUT2D eigenvalue weighted by molar-refractivity contribution is 6.01. The average molecular weight is 220 g/mol. The van der Waals surface area contributed by atoms with Crippen LogP contribution in [-0.4, -0.2) is 22.7 Å². The maximum Gasteiger partial charge on any atom is 0.292 e. The largest absolute Gasteiger partial charge is 0.436 e. The van der Waals surface area contributed by atoms with E-state index in [9.17, 15) is 4.79 Å². The van der Waals surface area contributed by atoms with Gasteiger partial charge in [-0.3, -0.25) is 9.48 Å². The normalized spacial score (nSPS) is 10.1. The first kappa shape index (κ1) is 10.3. The number of hydrogen-bond donors (Lipinski definition) is 2. The molecule has 0 saturated heterocycles. The Balaban J connectivity index is 2.11. The molecule has 0 atom stereocenters. The van der Waals surface area contributed by atoms with Crippen LogP contribution in [0.3, 0.4) is 0 Å². The summed E-state index contributed by atoms with van der Waals surface area (Å²) in [5.41, 5.74) is 0. The van der Waals surface area contributed by atoms with Gasteiger partial charge in [-0.1, -0.05) is 0 Å². The predicted octanol–water partition coefficient (Wildman–Crippen LogP) is 1.31. The van der Waals surface area contributed by atoms with Gasteiger partial charge in [-0.2, -0.15) is 5.10 Å². The van der Waals surface area contributed by atoms with E-state index in [2.05, 4.69) is 15.7 Å². The molecule has 0 aromatic carbocycles. The highest BCUT2D eigenvalue weighted by Crippen LogP contribution is 2.14. The van der Waals surface area contributed by atoms with Gasteiger partial charge in [-0.15, -0.1) is 0 Å². The van der Waals surface area contributed by atoms with Crippen molar-refractivity contribution >= 4 is 17.6 Å². The molecule has 6 heteroatoms. The van der Waals surface area contributed by atoms with Gasteiger partial charge < -0.3 is 15.1 Å². The van der Waals surface area contributed by atoms with E-state index >= 15 is 0 Å². The van der Waals surface area contributed by atoms with Gasteiger partial charge in [0.25, 0.3) is 5.91 Å². The minimum Gasteiger partial charge on any atom is -0.436 e. The summed E-state index contributed by atoms with van der Waals surface area (Å²) in [6.45, 7) is 0. The third kappa shape index (κ3) is 1.90. The van der Waals surface area contributed by atoms with Gasteiger partial charge in [-0.25, -0.2) is 0 Å². The van der Waals surface area contributed by atoms with E-state index in [1.807, 2.05) is 0 Å². The molecule has 0 saturated carbocycles. The minimum absolute atomic E-state index is 0.255. The molecule has 2 N–H and O–H groups in total.